The molecule has 0 saturated carbocycles. The van der Waals surface area contributed by atoms with E-state index in [-0.39, 0.29) is 67.2 Å². The number of fused-ring (bicyclic) bond motifs is 7. The molecule has 2 atom stereocenters. The van der Waals surface area contributed by atoms with Crippen molar-refractivity contribution in [3.05, 3.63) is 119 Å². The van der Waals surface area contributed by atoms with Crippen molar-refractivity contribution >= 4 is 23.6 Å². The van der Waals surface area contributed by atoms with Crippen molar-refractivity contribution in [1.82, 2.24) is 40.6 Å². The van der Waals surface area contributed by atoms with E-state index in [1.165, 1.54) is 18.2 Å². The molecule has 0 unspecified atom stereocenters. The maximum Gasteiger partial charge on any atom is 0.274 e. The normalized spacial score (nSPS) is 17.4. The average Bonchev–Trinajstić information content (AvgIpc) is 3.87. The Morgan fingerprint density at radius 2 is 1.78 bits per heavy atom. The Labute approximate surface area is 293 Å². The van der Waals surface area contributed by atoms with Gasteiger partial charge in [0.2, 0.25) is 0 Å². The van der Waals surface area contributed by atoms with E-state index in [9.17, 15) is 19.2 Å². The number of nitrogens with one attached hydrogen (secondary N) is 4. The number of H-pyrrole nitrogens is 1. The molecule has 14 nitrogen and oxygen atoms in total. The van der Waals surface area contributed by atoms with Gasteiger partial charge in [-0.2, -0.15) is 5.10 Å². The Morgan fingerprint density at radius 3 is 2.55 bits per heavy atom. The number of rotatable bonds is 5. The second-order valence-corrected chi connectivity index (χ2v) is 12.5. The topological polar surface area (TPSA) is 173 Å². The van der Waals surface area contributed by atoms with Gasteiger partial charge in [0.25, 0.3) is 23.6 Å². The van der Waals surface area contributed by atoms with Gasteiger partial charge in [-0.25, -0.2) is 4.98 Å². The molecule has 4 N–H and O–H groups in total. The van der Waals surface area contributed by atoms with Crippen LogP contribution in [0, 0.1) is 6.92 Å². The molecule has 3 aliphatic rings. The van der Waals surface area contributed by atoms with E-state index < -0.39 is 24.0 Å². The van der Waals surface area contributed by atoms with E-state index in [4.69, 9.17) is 9.47 Å². The first-order valence-electron chi connectivity index (χ1n) is 16.5. The van der Waals surface area contributed by atoms with Crippen molar-refractivity contribution < 1.29 is 28.7 Å². The first kappa shape index (κ1) is 33.1. The minimum atomic E-state index is -0.625. The summed E-state index contributed by atoms with van der Waals surface area (Å²) in [6.07, 6.45) is 2.81. The average molecular weight is 689 g/mol. The maximum absolute atomic E-state index is 13.9. The molecule has 0 radical (unpaired) electrons. The van der Waals surface area contributed by atoms with Gasteiger partial charge in [0.1, 0.15) is 29.1 Å². The van der Waals surface area contributed by atoms with E-state index in [1.54, 1.807) is 48.1 Å². The number of aromatic amines is 1. The van der Waals surface area contributed by atoms with Crippen LogP contribution in [-0.4, -0.2) is 80.1 Å². The molecule has 8 rings (SSSR count). The number of hydrogen-bond donors (Lipinski definition) is 4. The SMILES string of the molecule is Cc1[nH]c(-c2ccccc2)nc1C(=O)N1C[C@@H]2NC(=O)c3cc(cc(C(=O)NCc4cnn(C)c4)c3)OCC(=O)NCc3ccc(cc3)O[C@H]2C1. The van der Waals surface area contributed by atoms with Crippen LogP contribution in [0.25, 0.3) is 11.4 Å². The lowest BCUT2D eigenvalue weighted by Gasteiger charge is -2.21. The molecule has 4 amide bonds. The van der Waals surface area contributed by atoms with Crippen LogP contribution < -0.4 is 25.4 Å². The van der Waals surface area contributed by atoms with E-state index in [0.29, 0.717) is 17.3 Å². The molecule has 260 valence electrons. The second-order valence-electron chi connectivity index (χ2n) is 12.5. The van der Waals surface area contributed by atoms with Gasteiger partial charge in [0.05, 0.1) is 18.8 Å². The third kappa shape index (κ3) is 7.59. The summed E-state index contributed by atoms with van der Waals surface area (Å²) in [4.78, 5) is 63.2. The van der Waals surface area contributed by atoms with Crippen molar-refractivity contribution in [1.29, 1.82) is 0 Å². The summed E-state index contributed by atoms with van der Waals surface area (Å²) in [6, 6.07) is 20.5. The number of imidazole rings is 1. The number of hydrogen-bond acceptors (Lipinski definition) is 8. The fourth-order valence-electron chi connectivity index (χ4n) is 6.05. The van der Waals surface area contributed by atoms with Gasteiger partial charge in [-0.1, -0.05) is 42.5 Å². The minimum Gasteiger partial charge on any atom is -0.486 e. The van der Waals surface area contributed by atoms with Crippen molar-refractivity contribution in [2.24, 2.45) is 7.05 Å². The first-order valence-corrected chi connectivity index (χ1v) is 16.5. The number of carbonyl (C=O) groups is 4. The van der Waals surface area contributed by atoms with E-state index in [2.05, 4.69) is 31.0 Å². The molecule has 0 aliphatic carbocycles. The highest BCUT2D eigenvalue weighted by Gasteiger charge is 2.39. The van der Waals surface area contributed by atoms with Crippen molar-refractivity contribution in [3.8, 4) is 22.9 Å². The number of aromatic nitrogens is 4. The number of likely N-dealkylation sites (tertiary alicyclic amines) is 1. The van der Waals surface area contributed by atoms with Crippen LogP contribution in [0.1, 0.15) is 48.0 Å². The fourth-order valence-corrected chi connectivity index (χ4v) is 6.05. The molecule has 1 saturated heterocycles. The van der Waals surface area contributed by atoms with Gasteiger partial charge in [0, 0.05) is 60.8 Å². The highest BCUT2D eigenvalue weighted by molar-refractivity contribution is 6.00. The highest BCUT2D eigenvalue weighted by atomic mass is 16.5. The molecule has 3 aromatic carbocycles. The van der Waals surface area contributed by atoms with Crippen molar-refractivity contribution in [2.75, 3.05) is 19.7 Å². The molecule has 4 bridgehead atoms. The van der Waals surface area contributed by atoms with Gasteiger partial charge in [-0.3, -0.25) is 23.9 Å². The molecule has 2 aromatic heterocycles. The van der Waals surface area contributed by atoms with E-state index in [0.717, 1.165) is 16.7 Å². The zero-order valence-corrected chi connectivity index (χ0v) is 28.0. The highest BCUT2D eigenvalue weighted by Crippen LogP contribution is 2.25. The molecule has 1 fully saturated rings. The number of benzene rings is 3. The number of carbonyl (C=O) groups excluding carboxylic acids is 4. The van der Waals surface area contributed by atoms with E-state index >= 15 is 0 Å². The summed E-state index contributed by atoms with van der Waals surface area (Å²) in [6.45, 7) is 2.27. The van der Waals surface area contributed by atoms with Gasteiger partial charge < -0.3 is 35.3 Å². The molecule has 0 spiro atoms. The molecule has 5 aromatic rings. The van der Waals surface area contributed by atoms with Crippen molar-refractivity contribution in [2.45, 2.75) is 32.2 Å². The van der Waals surface area contributed by atoms with Gasteiger partial charge >= 0.3 is 0 Å². The molecular weight excluding hydrogens is 652 g/mol. The lowest BCUT2D eigenvalue weighted by Crippen LogP contribution is -2.45. The summed E-state index contributed by atoms with van der Waals surface area (Å²) in [5.41, 5.74) is 3.69. The van der Waals surface area contributed by atoms with Crippen molar-refractivity contribution in [3.63, 3.8) is 0 Å². The number of amides is 4. The minimum absolute atomic E-state index is 0.131. The Balaban J connectivity index is 1.16. The molecule has 3 aliphatic heterocycles. The predicted octanol–water partition coefficient (Wildman–Crippen LogP) is 2.76. The summed E-state index contributed by atoms with van der Waals surface area (Å²) in [5.74, 6) is -0.351. The number of nitrogens with zero attached hydrogens (tertiary/aromatic N) is 4. The van der Waals surface area contributed by atoms with E-state index in [1.807, 2.05) is 42.5 Å². The van der Waals surface area contributed by atoms with Gasteiger partial charge in [-0.15, -0.1) is 0 Å². The Morgan fingerprint density at radius 1 is 0.980 bits per heavy atom. The smallest absolute Gasteiger partial charge is 0.274 e. The lowest BCUT2D eigenvalue weighted by molar-refractivity contribution is -0.123. The Bertz CT molecular complexity index is 2090. The third-order valence-electron chi connectivity index (χ3n) is 8.72. The largest absolute Gasteiger partial charge is 0.486 e. The zero-order chi connectivity index (χ0) is 35.5. The lowest BCUT2D eigenvalue weighted by atomic mass is 10.1. The summed E-state index contributed by atoms with van der Waals surface area (Å²) < 4.78 is 13.8. The Hall–Kier alpha value is -6.44. The summed E-state index contributed by atoms with van der Waals surface area (Å²) in [5, 5.41) is 12.8. The molecule has 51 heavy (non-hydrogen) atoms. The monoisotopic (exact) mass is 688 g/mol. The standard InChI is InChI=1S/C37H36N8O6/c1-22-33(43-34(41-22)25-6-4-3-5-7-25)37(49)45-19-30-31(20-45)51-28-10-8-23(9-11-28)15-38-32(46)21-50-29-13-26(12-27(14-29)36(48)42-30)35(47)39-16-24-17-40-44(2)18-24/h3-14,17-18,30-31H,15-16,19-21H2,1-2H3,(H,38,46)(H,39,47)(H,41,43)(H,42,48)/t30-,31-/m0/s1. The second kappa shape index (κ2) is 14.2. The molecule has 5 heterocycles. The fraction of sp³-hybridized carbons (Fsp3) is 0.243. The number of aryl methyl sites for hydroxylation is 2. The quantitative estimate of drug-likeness (QED) is 0.218. The Kier molecular flexibility index (Phi) is 9.20. The van der Waals surface area contributed by atoms with Crippen LogP contribution >= 0.6 is 0 Å². The van der Waals surface area contributed by atoms with Gasteiger partial charge in [0.15, 0.2) is 6.61 Å². The van der Waals surface area contributed by atoms with Crippen LogP contribution in [0.4, 0.5) is 0 Å². The summed E-state index contributed by atoms with van der Waals surface area (Å²) >= 11 is 0. The molecule has 14 heteroatoms. The number of ether oxygens (including phenoxy) is 2. The van der Waals surface area contributed by atoms with Crippen LogP contribution in [0.5, 0.6) is 11.5 Å². The van der Waals surface area contributed by atoms with Crippen LogP contribution in [0.3, 0.4) is 0 Å². The zero-order valence-electron chi connectivity index (χ0n) is 28.0. The van der Waals surface area contributed by atoms with Crippen LogP contribution in [0.2, 0.25) is 0 Å². The maximum atomic E-state index is 13.9. The third-order valence-corrected chi connectivity index (χ3v) is 8.72. The van der Waals surface area contributed by atoms with Crippen LogP contribution in [0.15, 0.2) is 85.2 Å². The van der Waals surface area contributed by atoms with Gasteiger partial charge in [-0.05, 0) is 42.8 Å². The summed E-state index contributed by atoms with van der Waals surface area (Å²) in [7, 11) is 1.78. The predicted molar refractivity (Wildman–Crippen MR) is 185 cm³/mol. The molecular formula is C37H36N8O6. The first-order chi connectivity index (χ1) is 24.7. The van der Waals surface area contributed by atoms with Crippen LogP contribution in [-0.2, 0) is 24.9 Å².